The summed E-state index contributed by atoms with van der Waals surface area (Å²) in [6, 6.07) is 14.0. The van der Waals surface area contributed by atoms with Gasteiger partial charge in [-0.15, -0.1) is 0 Å². The van der Waals surface area contributed by atoms with Gasteiger partial charge in [-0.2, -0.15) is 0 Å². The zero-order chi connectivity index (χ0) is 13.2. The first-order valence-electron chi connectivity index (χ1n) is 6.11. The molecular weight excluding hydrogens is 243 g/mol. The van der Waals surface area contributed by atoms with Crippen LogP contribution in [0.15, 0.2) is 48.5 Å². The zero-order valence-electron chi connectivity index (χ0n) is 10.3. The number of nitrogens with one attached hydrogen (secondary N) is 1. The van der Waals surface area contributed by atoms with E-state index < -0.39 is 0 Å². The quantitative estimate of drug-likeness (QED) is 0.833. The number of fused-ring (bicyclic) bond motifs is 1. The summed E-state index contributed by atoms with van der Waals surface area (Å²) in [5, 5.41) is 2.80. The molecule has 0 unspecified atom stereocenters. The first kappa shape index (κ1) is 11.7. The summed E-state index contributed by atoms with van der Waals surface area (Å²) in [7, 11) is 0. The minimum atomic E-state index is -0.243. The Morgan fingerprint density at radius 1 is 1.05 bits per heavy atom. The van der Waals surface area contributed by atoms with Crippen molar-refractivity contribution < 1.29 is 9.18 Å². The summed E-state index contributed by atoms with van der Waals surface area (Å²) in [4.78, 5) is 13.7. The van der Waals surface area contributed by atoms with Crippen LogP contribution in [0, 0.1) is 5.82 Å². The van der Waals surface area contributed by atoms with Gasteiger partial charge in [-0.25, -0.2) is 9.18 Å². The molecule has 19 heavy (non-hydrogen) atoms. The van der Waals surface area contributed by atoms with E-state index in [9.17, 15) is 9.18 Å². The molecular formula is C15H13FN2O. The van der Waals surface area contributed by atoms with Crippen molar-refractivity contribution in [1.82, 2.24) is 4.90 Å². The minimum absolute atomic E-state index is 0.207. The monoisotopic (exact) mass is 256 g/mol. The van der Waals surface area contributed by atoms with E-state index >= 15 is 0 Å². The Morgan fingerprint density at radius 2 is 1.84 bits per heavy atom. The van der Waals surface area contributed by atoms with Crippen molar-refractivity contribution in [2.75, 3.05) is 5.32 Å². The highest BCUT2D eigenvalue weighted by atomic mass is 19.1. The second-order valence-corrected chi connectivity index (χ2v) is 4.53. The summed E-state index contributed by atoms with van der Waals surface area (Å²) in [6.07, 6.45) is 0. The fourth-order valence-corrected chi connectivity index (χ4v) is 2.25. The number of amides is 2. The second-order valence-electron chi connectivity index (χ2n) is 4.53. The average molecular weight is 256 g/mol. The Balaban J connectivity index is 1.73. The SMILES string of the molecule is O=C(Nc1ccccc1)N1Cc2cccc(F)c2C1. The number of nitrogens with zero attached hydrogens (tertiary/aromatic N) is 1. The number of carbonyl (C=O) groups is 1. The summed E-state index contributed by atoms with van der Waals surface area (Å²) in [6.45, 7) is 0.770. The van der Waals surface area contributed by atoms with Crippen molar-refractivity contribution >= 4 is 11.7 Å². The highest BCUT2D eigenvalue weighted by Crippen LogP contribution is 2.25. The Bertz CT molecular complexity index is 613. The molecule has 2 aromatic carbocycles. The number of hydrogen-bond acceptors (Lipinski definition) is 1. The van der Waals surface area contributed by atoms with Crippen molar-refractivity contribution in [3.05, 3.63) is 65.5 Å². The maximum atomic E-state index is 13.6. The fourth-order valence-electron chi connectivity index (χ4n) is 2.25. The van der Waals surface area contributed by atoms with Gasteiger partial charge >= 0.3 is 6.03 Å². The molecule has 0 saturated heterocycles. The minimum Gasteiger partial charge on any atom is -0.316 e. The van der Waals surface area contributed by atoms with Crippen LogP contribution < -0.4 is 5.32 Å². The Labute approximate surface area is 110 Å². The average Bonchev–Trinajstić information content (AvgIpc) is 2.85. The predicted molar refractivity (Wildman–Crippen MR) is 71.1 cm³/mol. The molecule has 0 fully saturated rings. The zero-order valence-corrected chi connectivity index (χ0v) is 10.3. The lowest BCUT2D eigenvalue weighted by atomic mass is 10.1. The highest BCUT2D eigenvalue weighted by Gasteiger charge is 2.25. The predicted octanol–water partition coefficient (Wildman–Crippen LogP) is 3.37. The summed E-state index contributed by atoms with van der Waals surface area (Å²) in [5.41, 5.74) is 2.23. The number of urea groups is 1. The molecule has 0 bridgehead atoms. The van der Waals surface area contributed by atoms with E-state index in [1.54, 1.807) is 11.0 Å². The first-order valence-corrected chi connectivity index (χ1v) is 6.11. The van der Waals surface area contributed by atoms with Crippen LogP contribution in [0.2, 0.25) is 0 Å². The molecule has 1 heterocycles. The van der Waals surface area contributed by atoms with Crippen molar-refractivity contribution in [1.29, 1.82) is 0 Å². The lowest BCUT2D eigenvalue weighted by Gasteiger charge is -2.16. The van der Waals surface area contributed by atoms with Gasteiger partial charge in [0.15, 0.2) is 0 Å². The van der Waals surface area contributed by atoms with Gasteiger partial charge in [0, 0.05) is 17.8 Å². The van der Waals surface area contributed by atoms with Gasteiger partial charge in [-0.05, 0) is 23.8 Å². The van der Waals surface area contributed by atoms with Crippen LogP contribution >= 0.6 is 0 Å². The highest BCUT2D eigenvalue weighted by molar-refractivity contribution is 5.89. The van der Waals surface area contributed by atoms with Crippen molar-refractivity contribution in [3.8, 4) is 0 Å². The standard InChI is InChI=1S/C15H13FN2O/c16-14-8-4-5-11-9-18(10-13(11)14)15(19)17-12-6-2-1-3-7-12/h1-8H,9-10H2,(H,17,19). The van der Waals surface area contributed by atoms with Crippen LogP contribution in [-0.4, -0.2) is 10.9 Å². The van der Waals surface area contributed by atoms with Crippen molar-refractivity contribution in [2.45, 2.75) is 13.1 Å². The van der Waals surface area contributed by atoms with Crippen LogP contribution in [0.5, 0.6) is 0 Å². The number of benzene rings is 2. The molecule has 2 aromatic rings. The van der Waals surface area contributed by atoms with E-state index in [2.05, 4.69) is 5.32 Å². The number of para-hydroxylation sites is 1. The molecule has 0 aliphatic carbocycles. The number of anilines is 1. The van der Waals surface area contributed by atoms with E-state index in [0.717, 1.165) is 11.3 Å². The third-order valence-corrected chi connectivity index (χ3v) is 3.24. The van der Waals surface area contributed by atoms with Gasteiger partial charge in [0.1, 0.15) is 5.82 Å². The number of hydrogen-bond donors (Lipinski definition) is 1. The summed E-state index contributed by atoms with van der Waals surface area (Å²) < 4.78 is 13.6. The van der Waals surface area contributed by atoms with E-state index in [0.29, 0.717) is 18.7 Å². The Hall–Kier alpha value is -2.36. The van der Waals surface area contributed by atoms with Crippen LogP contribution in [0.1, 0.15) is 11.1 Å². The molecule has 4 heteroatoms. The molecule has 3 rings (SSSR count). The van der Waals surface area contributed by atoms with E-state index in [-0.39, 0.29) is 11.8 Å². The van der Waals surface area contributed by atoms with Crippen molar-refractivity contribution in [3.63, 3.8) is 0 Å². The fraction of sp³-hybridized carbons (Fsp3) is 0.133. The topological polar surface area (TPSA) is 32.3 Å². The van der Waals surface area contributed by atoms with Crippen LogP contribution in [0.4, 0.5) is 14.9 Å². The molecule has 0 atom stereocenters. The normalized spacial score (nSPS) is 13.2. The lowest BCUT2D eigenvalue weighted by molar-refractivity contribution is 0.212. The van der Waals surface area contributed by atoms with Gasteiger partial charge in [0.25, 0.3) is 0 Å². The van der Waals surface area contributed by atoms with Crippen molar-refractivity contribution in [2.24, 2.45) is 0 Å². The molecule has 1 aliphatic heterocycles. The smallest absolute Gasteiger partial charge is 0.316 e. The number of halogens is 1. The molecule has 3 nitrogen and oxygen atoms in total. The van der Waals surface area contributed by atoms with Gasteiger partial charge < -0.3 is 10.2 Å². The van der Waals surface area contributed by atoms with Gasteiger partial charge in [-0.3, -0.25) is 0 Å². The van der Waals surface area contributed by atoms with Gasteiger partial charge in [0.05, 0.1) is 6.54 Å². The largest absolute Gasteiger partial charge is 0.322 e. The maximum Gasteiger partial charge on any atom is 0.322 e. The molecule has 2 amide bonds. The maximum absolute atomic E-state index is 13.6. The first-order chi connectivity index (χ1) is 9.24. The molecule has 0 spiro atoms. The van der Waals surface area contributed by atoms with E-state index in [4.69, 9.17) is 0 Å². The van der Waals surface area contributed by atoms with Crippen LogP contribution in [-0.2, 0) is 13.1 Å². The third-order valence-electron chi connectivity index (χ3n) is 3.24. The number of carbonyl (C=O) groups excluding carboxylic acids is 1. The summed E-state index contributed by atoms with van der Waals surface area (Å²) >= 11 is 0. The molecule has 0 aromatic heterocycles. The molecule has 0 radical (unpaired) electrons. The van der Waals surface area contributed by atoms with Crippen LogP contribution in [0.25, 0.3) is 0 Å². The molecule has 0 saturated carbocycles. The van der Waals surface area contributed by atoms with Crippen LogP contribution in [0.3, 0.4) is 0 Å². The second kappa shape index (κ2) is 4.72. The molecule has 96 valence electrons. The third kappa shape index (κ3) is 2.29. The lowest BCUT2D eigenvalue weighted by Crippen LogP contribution is -2.30. The number of rotatable bonds is 1. The molecule has 1 N–H and O–H groups in total. The van der Waals surface area contributed by atoms with Gasteiger partial charge in [0.2, 0.25) is 0 Å². The van der Waals surface area contributed by atoms with Gasteiger partial charge in [-0.1, -0.05) is 30.3 Å². The Morgan fingerprint density at radius 3 is 2.58 bits per heavy atom. The molecule has 1 aliphatic rings. The van der Waals surface area contributed by atoms with E-state index in [1.165, 1.54) is 6.07 Å². The Kier molecular flexibility index (Phi) is 2.91. The van der Waals surface area contributed by atoms with E-state index in [1.807, 2.05) is 36.4 Å². The summed E-state index contributed by atoms with van der Waals surface area (Å²) in [5.74, 6) is -0.243.